The molecule has 0 bridgehead atoms. The first-order chi connectivity index (χ1) is 8.56. The van der Waals surface area contributed by atoms with Crippen LogP contribution in [0.5, 0.6) is 0 Å². The first kappa shape index (κ1) is 13.8. The fraction of sp³-hybridized carbons (Fsp3) is 0.857. The smallest absolute Gasteiger partial charge is 0.205 e. The summed E-state index contributed by atoms with van der Waals surface area (Å²) in [6.45, 7) is 9.17. The molecule has 18 heavy (non-hydrogen) atoms. The van der Waals surface area contributed by atoms with Gasteiger partial charge in [0.2, 0.25) is 5.13 Å². The highest BCUT2D eigenvalue weighted by Crippen LogP contribution is 2.32. The van der Waals surface area contributed by atoms with Gasteiger partial charge in [-0.05, 0) is 24.2 Å². The lowest BCUT2D eigenvalue weighted by atomic mass is 9.78. The van der Waals surface area contributed by atoms with Crippen LogP contribution in [0.3, 0.4) is 0 Å². The average molecular weight is 267 g/mol. The molecule has 1 aliphatic rings. The summed E-state index contributed by atoms with van der Waals surface area (Å²) in [6, 6.07) is 0.577. The van der Waals surface area contributed by atoms with Crippen molar-refractivity contribution < 1.29 is 0 Å². The van der Waals surface area contributed by atoms with E-state index >= 15 is 0 Å². The third-order valence-electron chi connectivity index (χ3n) is 4.07. The van der Waals surface area contributed by atoms with Gasteiger partial charge in [0.15, 0.2) is 0 Å². The van der Waals surface area contributed by atoms with Gasteiger partial charge in [-0.25, -0.2) is 0 Å². The number of hydrogen-bond acceptors (Lipinski definition) is 4. The molecule has 0 aromatic carbocycles. The minimum Gasteiger partial charge on any atom is -0.357 e. The Hall–Kier alpha value is -0.640. The van der Waals surface area contributed by atoms with Gasteiger partial charge >= 0.3 is 0 Å². The SMILES string of the molecule is CC(C)Cc1nnc(NC2CCCC(C)C2C)s1. The van der Waals surface area contributed by atoms with Gasteiger partial charge in [0, 0.05) is 12.5 Å². The lowest BCUT2D eigenvalue weighted by Crippen LogP contribution is -2.34. The Kier molecular flexibility index (Phi) is 4.60. The molecule has 4 heteroatoms. The fourth-order valence-electron chi connectivity index (χ4n) is 2.69. The molecule has 0 saturated heterocycles. The zero-order valence-corrected chi connectivity index (χ0v) is 12.8. The van der Waals surface area contributed by atoms with E-state index in [9.17, 15) is 0 Å². The Morgan fingerprint density at radius 3 is 2.78 bits per heavy atom. The lowest BCUT2D eigenvalue weighted by molar-refractivity contribution is 0.253. The Balaban J connectivity index is 1.94. The van der Waals surface area contributed by atoms with E-state index in [2.05, 4.69) is 43.2 Å². The summed E-state index contributed by atoms with van der Waals surface area (Å²) in [4.78, 5) is 0. The molecular formula is C14H25N3S. The maximum absolute atomic E-state index is 4.28. The molecule has 0 aliphatic heterocycles. The molecule has 1 N–H and O–H groups in total. The van der Waals surface area contributed by atoms with Crippen molar-refractivity contribution >= 4 is 16.5 Å². The van der Waals surface area contributed by atoms with E-state index in [0.29, 0.717) is 12.0 Å². The summed E-state index contributed by atoms with van der Waals surface area (Å²) in [7, 11) is 0. The molecular weight excluding hydrogens is 242 g/mol. The number of anilines is 1. The molecule has 1 heterocycles. The zero-order chi connectivity index (χ0) is 13.1. The molecule has 0 radical (unpaired) electrons. The summed E-state index contributed by atoms with van der Waals surface area (Å²) < 4.78 is 0. The first-order valence-corrected chi connectivity index (χ1v) is 7.96. The van der Waals surface area contributed by atoms with E-state index in [4.69, 9.17) is 0 Å². The van der Waals surface area contributed by atoms with Crippen molar-refractivity contribution in [1.82, 2.24) is 10.2 Å². The Morgan fingerprint density at radius 2 is 2.06 bits per heavy atom. The molecule has 0 spiro atoms. The zero-order valence-electron chi connectivity index (χ0n) is 11.9. The summed E-state index contributed by atoms with van der Waals surface area (Å²) in [5.41, 5.74) is 0. The molecule has 3 nitrogen and oxygen atoms in total. The molecule has 3 unspecified atom stereocenters. The van der Waals surface area contributed by atoms with Gasteiger partial charge in [-0.1, -0.05) is 51.9 Å². The van der Waals surface area contributed by atoms with Crippen LogP contribution in [-0.4, -0.2) is 16.2 Å². The van der Waals surface area contributed by atoms with Crippen LogP contribution >= 0.6 is 11.3 Å². The van der Waals surface area contributed by atoms with Crippen LogP contribution < -0.4 is 5.32 Å². The van der Waals surface area contributed by atoms with Crippen LogP contribution in [0, 0.1) is 17.8 Å². The van der Waals surface area contributed by atoms with Gasteiger partial charge in [-0.3, -0.25) is 0 Å². The van der Waals surface area contributed by atoms with Crippen molar-refractivity contribution in [3.8, 4) is 0 Å². The van der Waals surface area contributed by atoms with Gasteiger partial charge < -0.3 is 5.32 Å². The second-order valence-electron chi connectivity index (χ2n) is 6.12. The highest BCUT2D eigenvalue weighted by molar-refractivity contribution is 7.15. The van der Waals surface area contributed by atoms with Crippen molar-refractivity contribution in [3.05, 3.63) is 5.01 Å². The summed E-state index contributed by atoms with van der Waals surface area (Å²) in [5, 5.41) is 14.3. The number of hydrogen-bond donors (Lipinski definition) is 1. The van der Waals surface area contributed by atoms with Crippen LogP contribution in [0.15, 0.2) is 0 Å². The topological polar surface area (TPSA) is 37.8 Å². The second-order valence-corrected chi connectivity index (χ2v) is 7.18. The van der Waals surface area contributed by atoms with Crippen LogP contribution in [-0.2, 0) is 6.42 Å². The van der Waals surface area contributed by atoms with Crippen molar-refractivity contribution in [2.24, 2.45) is 17.8 Å². The fourth-order valence-corrected chi connectivity index (χ4v) is 3.70. The minimum atomic E-state index is 0.577. The van der Waals surface area contributed by atoms with E-state index in [-0.39, 0.29) is 0 Å². The highest BCUT2D eigenvalue weighted by Gasteiger charge is 2.27. The van der Waals surface area contributed by atoms with Crippen molar-refractivity contribution in [2.45, 2.75) is 59.4 Å². The van der Waals surface area contributed by atoms with Crippen LogP contribution in [0.25, 0.3) is 0 Å². The van der Waals surface area contributed by atoms with Gasteiger partial charge in [0.05, 0.1) is 0 Å². The van der Waals surface area contributed by atoms with Crippen molar-refractivity contribution in [3.63, 3.8) is 0 Å². The summed E-state index contributed by atoms with van der Waals surface area (Å²) in [6.07, 6.45) is 5.01. The molecule has 1 aromatic heterocycles. The number of rotatable bonds is 4. The molecule has 2 rings (SSSR count). The van der Waals surface area contributed by atoms with Gasteiger partial charge in [0.1, 0.15) is 5.01 Å². The maximum Gasteiger partial charge on any atom is 0.205 e. The molecule has 1 aliphatic carbocycles. The summed E-state index contributed by atoms with van der Waals surface area (Å²) in [5.74, 6) is 2.20. The average Bonchev–Trinajstić information content (AvgIpc) is 2.71. The van der Waals surface area contributed by atoms with Crippen LogP contribution in [0.4, 0.5) is 5.13 Å². The van der Waals surface area contributed by atoms with E-state index < -0.39 is 0 Å². The normalized spacial score (nSPS) is 28.6. The quantitative estimate of drug-likeness (QED) is 0.897. The molecule has 1 aromatic rings. The van der Waals surface area contributed by atoms with Crippen LogP contribution in [0.2, 0.25) is 0 Å². The Morgan fingerprint density at radius 1 is 1.28 bits per heavy atom. The third kappa shape index (κ3) is 3.44. The van der Waals surface area contributed by atoms with E-state index in [1.807, 2.05) is 0 Å². The standard InChI is InChI=1S/C14H25N3S/c1-9(2)8-13-16-17-14(18-13)15-12-7-5-6-10(3)11(12)4/h9-12H,5-8H2,1-4H3,(H,15,17). The Labute approximate surface area is 114 Å². The Bertz CT molecular complexity index is 375. The van der Waals surface area contributed by atoms with Gasteiger partial charge in [-0.2, -0.15) is 0 Å². The predicted octanol–water partition coefficient (Wildman–Crippen LogP) is 3.97. The molecule has 1 saturated carbocycles. The highest BCUT2D eigenvalue weighted by atomic mass is 32.1. The van der Waals surface area contributed by atoms with E-state index in [1.54, 1.807) is 11.3 Å². The number of aromatic nitrogens is 2. The second kappa shape index (κ2) is 6.00. The van der Waals surface area contributed by atoms with E-state index in [0.717, 1.165) is 28.4 Å². The number of nitrogens with one attached hydrogen (secondary N) is 1. The van der Waals surface area contributed by atoms with Gasteiger partial charge in [-0.15, -0.1) is 10.2 Å². The monoisotopic (exact) mass is 267 g/mol. The molecule has 0 amide bonds. The maximum atomic E-state index is 4.28. The third-order valence-corrected chi connectivity index (χ3v) is 4.94. The molecule has 3 atom stereocenters. The molecule has 102 valence electrons. The van der Waals surface area contributed by atoms with Crippen molar-refractivity contribution in [2.75, 3.05) is 5.32 Å². The largest absolute Gasteiger partial charge is 0.357 e. The predicted molar refractivity (Wildman–Crippen MR) is 78.0 cm³/mol. The van der Waals surface area contributed by atoms with Gasteiger partial charge in [0.25, 0.3) is 0 Å². The van der Waals surface area contributed by atoms with E-state index in [1.165, 1.54) is 19.3 Å². The lowest BCUT2D eigenvalue weighted by Gasteiger charge is -2.34. The molecule has 1 fully saturated rings. The number of nitrogens with zero attached hydrogens (tertiary/aromatic N) is 2. The first-order valence-electron chi connectivity index (χ1n) is 7.15. The summed E-state index contributed by atoms with van der Waals surface area (Å²) >= 11 is 1.72. The van der Waals surface area contributed by atoms with Crippen LogP contribution in [0.1, 0.15) is 52.0 Å². The minimum absolute atomic E-state index is 0.577. The van der Waals surface area contributed by atoms with Crippen molar-refractivity contribution in [1.29, 1.82) is 0 Å².